The van der Waals surface area contributed by atoms with Crippen molar-refractivity contribution >= 4 is 5.91 Å². The third-order valence-corrected chi connectivity index (χ3v) is 4.45. The van der Waals surface area contributed by atoms with Crippen LogP contribution in [0.15, 0.2) is 15.1 Å². The molecule has 0 saturated carbocycles. The van der Waals surface area contributed by atoms with Crippen molar-refractivity contribution in [3.05, 3.63) is 29.2 Å². The summed E-state index contributed by atoms with van der Waals surface area (Å²) in [6.45, 7) is 5.38. The fraction of sp³-hybridized carbons (Fsp3) is 0.667. The number of nitrogens with zero attached hydrogens (tertiary/aromatic N) is 4. The lowest BCUT2D eigenvalue weighted by Gasteiger charge is -2.32. The number of carbonyl (C=O) groups is 1. The smallest absolute Gasteiger partial charge is 0.293 e. The number of methoxy groups -OCH3 is 1. The van der Waals surface area contributed by atoms with Gasteiger partial charge in [0.05, 0.1) is 12.3 Å². The maximum atomic E-state index is 12.9. The minimum Gasteiger partial charge on any atom is -0.384 e. The Morgan fingerprint density at radius 2 is 2.19 bits per heavy atom. The van der Waals surface area contributed by atoms with Crippen LogP contribution in [0.2, 0.25) is 0 Å². The molecular formula is C18H26N4O4. The molecule has 8 heteroatoms. The van der Waals surface area contributed by atoms with E-state index in [1.807, 2.05) is 0 Å². The van der Waals surface area contributed by atoms with Crippen molar-refractivity contribution in [2.45, 2.75) is 52.0 Å². The van der Waals surface area contributed by atoms with E-state index in [-0.39, 0.29) is 17.7 Å². The lowest BCUT2D eigenvalue weighted by Crippen LogP contribution is -2.38. The van der Waals surface area contributed by atoms with Gasteiger partial charge in [0.1, 0.15) is 6.04 Å². The zero-order valence-corrected chi connectivity index (χ0v) is 15.6. The van der Waals surface area contributed by atoms with Crippen molar-refractivity contribution in [1.82, 2.24) is 20.2 Å². The lowest BCUT2D eigenvalue weighted by atomic mass is 10.0. The number of carbonyl (C=O) groups excluding carboxylic acids is 1. The summed E-state index contributed by atoms with van der Waals surface area (Å²) in [7, 11) is 1.63. The molecule has 0 spiro atoms. The van der Waals surface area contributed by atoms with E-state index in [0.29, 0.717) is 37.2 Å². The van der Waals surface area contributed by atoms with Gasteiger partial charge >= 0.3 is 0 Å². The molecule has 0 N–H and O–H groups in total. The first kappa shape index (κ1) is 18.6. The number of piperidine rings is 1. The Kier molecular flexibility index (Phi) is 6.03. The highest BCUT2D eigenvalue weighted by molar-refractivity contribution is 5.91. The molecular weight excluding hydrogens is 336 g/mol. The van der Waals surface area contributed by atoms with Gasteiger partial charge in [0.25, 0.3) is 5.91 Å². The summed E-state index contributed by atoms with van der Waals surface area (Å²) in [4.78, 5) is 19.1. The number of aromatic nitrogens is 3. The number of hydrogen-bond donors (Lipinski definition) is 0. The second kappa shape index (κ2) is 8.44. The Morgan fingerprint density at radius 1 is 1.35 bits per heavy atom. The van der Waals surface area contributed by atoms with Crippen LogP contribution >= 0.6 is 0 Å². The Morgan fingerprint density at radius 3 is 2.96 bits per heavy atom. The standard InChI is InChI=1S/C18H26N4O4/c1-12(2)10-13-11-15(25-20-13)18(23)22-8-5-4-6-14(22)17-19-16(21-26-17)7-9-24-3/h11-12,14H,4-10H2,1-3H3/t14-/m1/s1. The average molecular weight is 362 g/mol. The second-order valence-corrected chi connectivity index (χ2v) is 7.08. The molecule has 142 valence electrons. The molecule has 1 saturated heterocycles. The van der Waals surface area contributed by atoms with Crippen molar-refractivity contribution in [2.24, 2.45) is 5.92 Å². The predicted octanol–water partition coefficient (Wildman–Crippen LogP) is 2.81. The van der Waals surface area contributed by atoms with Gasteiger partial charge in [0.15, 0.2) is 5.82 Å². The summed E-state index contributed by atoms with van der Waals surface area (Å²) in [5, 5.41) is 8.01. The number of ether oxygens (including phenoxy) is 1. The minimum absolute atomic E-state index is 0.172. The number of rotatable bonds is 7. The van der Waals surface area contributed by atoms with Gasteiger partial charge in [0, 0.05) is 26.1 Å². The maximum absolute atomic E-state index is 12.9. The topological polar surface area (TPSA) is 94.5 Å². The van der Waals surface area contributed by atoms with E-state index in [1.165, 1.54) is 0 Å². The van der Waals surface area contributed by atoms with Crippen LogP contribution in [-0.4, -0.2) is 46.4 Å². The highest BCUT2D eigenvalue weighted by atomic mass is 16.5. The Bertz CT molecular complexity index is 724. The van der Waals surface area contributed by atoms with E-state index in [0.717, 1.165) is 31.4 Å². The summed E-state index contributed by atoms with van der Waals surface area (Å²) >= 11 is 0. The molecule has 8 nitrogen and oxygen atoms in total. The molecule has 1 aliphatic rings. The maximum Gasteiger partial charge on any atom is 0.293 e. The summed E-state index contributed by atoms with van der Waals surface area (Å²) in [6, 6.07) is 1.52. The van der Waals surface area contributed by atoms with Gasteiger partial charge in [-0.15, -0.1) is 0 Å². The summed E-state index contributed by atoms with van der Waals surface area (Å²) < 4.78 is 15.8. The lowest BCUT2D eigenvalue weighted by molar-refractivity contribution is 0.0520. The fourth-order valence-electron chi connectivity index (χ4n) is 3.20. The molecule has 0 bridgehead atoms. The van der Waals surface area contributed by atoms with Crippen molar-refractivity contribution in [3.8, 4) is 0 Å². The fourth-order valence-corrected chi connectivity index (χ4v) is 3.20. The molecule has 1 amide bonds. The van der Waals surface area contributed by atoms with Crippen molar-refractivity contribution in [3.63, 3.8) is 0 Å². The van der Waals surface area contributed by atoms with Gasteiger partial charge in [-0.25, -0.2) is 0 Å². The molecule has 2 aromatic rings. The second-order valence-electron chi connectivity index (χ2n) is 7.08. The van der Waals surface area contributed by atoms with Crippen LogP contribution in [0, 0.1) is 5.92 Å². The van der Waals surface area contributed by atoms with E-state index in [2.05, 4.69) is 29.1 Å². The van der Waals surface area contributed by atoms with E-state index in [9.17, 15) is 4.79 Å². The first-order valence-corrected chi connectivity index (χ1v) is 9.16. The molecule has 1 atom stereocenters. The number of amides is 1. The van der Waals surface area contributed by atoms with E-state index in [4.69, 9.17) is 13.8 Å². The van der Waals surface area contributed by atoms with Gasteiger partial charge in [-0.1, -0.05) is 24.2 Å². The molecule has 2 aromatic heterocycles. The monoisotopic (exact) mass is 362 g/mol. The molecule has 26 heavy (non-hydrogen) atoms. The molecule has 0 radical (unpaired) electrons. The zero-order chi connectivity index (χ0) is 18.5. The first-order chi connectivity index (χ1) is 12.6. The number of hydrogen-bond acceptors (Lipinski definition) is 7. The summed E-state index contributed by atoms with van der Waals surface area (Å²) in [5.74, 6) is 1.63. The average Bonchev–Trinajstić information content (AvgIpc) is 3.28. The predicted molar refractivity (Wildman–Crippen MR) is 92.6 cm³/mol. The van der Waals surface area contributed by atoms with Crippen molar-refractivity contribution in [1.29, 1.82) is 0 Å². The van der Waals surface area contributed by atoms with Gasteiger partial charge in [-0.05, 0) is 31.6 Å². The molecule has 1 fully saturated rings. The van der Waals surface area contributed by atoms with E-state index >= 15 is 0 Å². The molecule has 0 unspecified atom stereocenters. The SMILES string of the molecule is COCCc1noc([C@H]2CCCCN2C(=O)c2cc(CC(C)C)no2)n1. The molecule has 1 aliphatic heterocycles. The quantitative estimate of drug-likeness (QED) is 0.747. The largest absolute Gasteiger partial charge is 0.384 e. The summed E-state index contributed by atoms with van der Waals surface area (Å²) in [6.07, 6.45) is 4.12. The van der Waals surface area contributed by atoms with Crippen LogP contribution in [0.1, 0.15) is 67.1 Å². The third-order valence-electron chi connectivity index (χ3n) is 4.45. The van der Waals surface area contributed by atoms with Gasteiger partial charge in [0.2, 0.25) is 11.7 Å². The molecule has 3 heterocycles. The van der Waals surface area contributed by atoms with Crippen LogP contribution in [0.5, 0.6) is 0 Å². The van der Waals surface area contributed by atoms with Crippen LogP contribution in [0.3, 0.4) is 0 Å². The van der Waals surface area contributed by atoms with Crippen molar-refractivity contribution in [2.75, 3.05) is 20.3 Å². The van der Waals surface area contributed by atoms with Crippen LogP contribution in [0.25, 0.3) is 0 Å². The van der Waals surface area contributed by atoms with Crippen LogP contribution in [0.4, 0.5) is 0 Å². The third kappa shape index (κ3) is 4.30. The Hall–Kier alpha value is -2.22. The van der Waals surface area contributed by atoms with Gasteiger partial charge < -0.3 is 18.7 Å². The molecule has 0 aromatic carbocycles. The molecule has 0 aliphatic carbocycles. The normalized spacial score (nSPS) is 17.8. The van der Waals surface area contributed by atoms with Gasteiger partial charge in [-0.2, -0.15) is 4.98 Å². The number of likely N-dealkylation sites (tertiary alicyclic amines) is 1. The minimum atomic E-state index is -0.223. The first-order valence-electron chi connectivity index (χ1n) is 9.16. The van der Waals surface area contributed by atoms with E-state index < -0.39 is 0 Å². The molecule has 3 rings (SSSR count). The van der Waals surface area contributed by atoms with Gasteiger partial charge in [-0.3, -0.25) is 4.79 Å². The Balaban J connectivity index is 1.74. The van der Waals surface area contributed by atoms with Crippen LogP contribution in [-0.2, 0) is 17.6 Å². The van der Waals surface area contributed by atoms with Crippen molar-refractivity contribution < 1.29 is 18.6 Å². The Labute approximate surface area is 152 Å². The van der Waals surface area contributed by atoms with E-state index in [1.54, 1.807) is 18.1 Å². The highest BCUT2D eigenvalue weighted by Gasteiger charge is 2.34. The summed E-state index contributed by atoms with van der Waals surface area (Å²) in [5.41, 5.74) is 0.802. The zero-order valence-electron chi connectivity index (χ0n) is 15.6. The highest BCUT2D eigenvalue weighted by Crippen LogP contribution is 2.31. The van der Waals surface area contributed by atoms with Crippen LogP contribution < -0.4 is 0 Å².